The third-order valence-electron chi connectivity index (χ3n) is 8.05. The van der Waals surface area contributed by atoms with Gasteiger partial charge in [-0.1, -0.05) is 19.9 Å². The fourth-order valence-electron chi connectivity index (χ4n) is 6.66. The molecule has 4 aliphatic rings. The standard InChI is InChI=1S/C20H27ClO2S/c1-19-10-8-16(22)18(24-11-21)15(19)4-3-12-13-5-6-17(23)20(13,2)9-7-14(12)19/h5-6,12-15,18H,3-4,7-11H2,1-2H3/t12-,13-,14-,15?,18?,19+,20-/m0/s1. The van der Waals surface area contributed by atoms with Crippen LogP contribution in [-0.2, 0) is 9.59 Å². The van der Waals surface area contributed by atoms with Crippen molar-refractivity contribution in [1.29, 1.82) is 0 Å². The van der Waals surface area contributed by atoms with Crippen LogP contribution < -0.4 is 0 Å². The molecule has 3 saturated carbocycles. The number of carbonyl (C=O) groups excluding carboxylic acids is 2. The molecular weight excluding hydrogens is 340 g/mol. The van der Waals surface area contributed by atoms with Gasteiger partial charge in [0.2, 0.25) is 0 Å². The monoisotopic (exact) mass is 366 g/mol. The highest BCUT2D eigenvalue weighted by atomic mass is 35.5. The minimum absolute atomic E-state index is 0.0938. The van der Waals surface area contributed by atoms with E-state index in [1.54, 1.807) is 11.8 Å². The van der Waals surface area contributed by atoms with E-state index >= 15 is 0 Å². The van der Waals surface area contributed by atoms with Crippen LogP contribution in [0.15, 0.2) is 12.2 Å². The van der Waals surface area contributed by atoms with E-state index < -0.39 is 0 Å². The van der Waals surface area contributed by atoms with Gasteiger partial charge in [0.15, 0.2) is 5.78 Å². The molecule has 132 valence electrons. The maximum atomic E-state index is 12.5. The summed E-state index contributed by atoms with van der Waals surface area (Å²) in [4.78, 5) is 24.9. The molecule has 0 saturated heterocycles. The average molecular weight is 367 g/mol. The zero-order valence-electron chi connectivity index (χ0n) is 14.6. The number of carbonyl (C=O) groups is 2. The van der Waals surface area contributed by atoms with Crippen LogP contribution in [0.3, 0.4) is 0 Å². The Bertz CT molecular complexity index is 602. The minimum Gasteiger partial charge on any atom is -0.298 e. The van der Waals surface area contributed by atoms with Gasteiger partial charge in [-0.05, 0) is 67.3 Å². The summed E-state index contributed by atoms with van der Waals surface area (Å²) in [5, 5.41) is 0.603. The molecule has 3 fully saturated rings. The number of fused-ring (bicyclic) bond motifs is 5. The normalized spacial score (nSPS) is 50.4. The summed E-state index contributed by atoms with van der Waals surface area (Å²) in [6.07, 6.45) is 10.2. The lowest BCUT2D eigenvalue weighted by Crippen LogP contribution is -2.57. The Morgan fingerprint density at radius 2 is 1.96 bits per heavy atom. The van der Waals surface area contributed by atoms with Gasteiger partial charge in [0.05, 0.1) is 10.5 Å². The second-order valence-corrected chi connectivity index (χ2v) is 10.5. The highest BCUT2D eigenvalue weighted by Gasteiger charge is 2.60. The molecule has 0 aromatic heterocycles. The summed E-state index contributed by atoms with van der Waals surface area (Å²) < 4.78 is 0. The molecule has 0 aromatic rings. The number of hydrogen-bond acceptors (Lipinski definition) is 3. The van der Waals surface area contributed by atoms with Crippen molar-refractivity contribution < 1.29 is 9.59 Å². The molecule has 0 aliphatic heterocycles. The van der Waals surface area contributed by atoms with Gasteiger partial charge in [-0.3, -0.25) is 9.59 Å². The molecule has 24 heavy (non-hydrogen) atoms. The van der Waals surface area contributed by atoms with Crippen LogP contribution in [0.2, 0.25) is 0 Å². The van der Waals surface area contributed by atoms with E-state index in [2.05, 4.69) is 19.9 Å². The molecule has 0 amide bonds. The fourth-order valence-corrected chi connectivity index (χ4v) is 8.19. The summed E-state index contributed by atoms with van der Waals surface area (Å²) in [6.45, 7) is 4.62. The molecular formula is C20H27ClO2S. The summed E-state index contributed by atoms with van der Waals surface area (Å²) >= 11 is 7.64. The molecule has 0 aromatic carbocycles. The minimum atomic E-state index is -0.154. The number of allylic oxidation sites excluding steroid dienone is 2. The third-order valence-corrected chi connectivity index (χ3v) is 9.50. The van der Waals surface area contributed by atoms with Crippen molar-refractivity contribution in [3.8, 4) is 0 Å². The van der Waals surface area contributed by atoms with Crippen LogP contribution in [-0.4, -0.2) is 22.0 Å². The van der Waals surface area contributed by atoms with E-state index in [1.807, 2.05) is 6.08 Å². The smallest absolute Gasteiger partial charge is 0.161 e. The van der Waals surface area contributed by atoms with Crippen molar-refractivity contribution in [2.45, 2.75) is 57.6 Å². The van der Waals surface area contributed by atoms with E-state index in [-0.39, 0.29) is 16.1 Å². The second kappa shape index (κ2) is 5.87. The summed E-state index contributed by atoms with van der Waals surface area (Å²) in [5.74, 6) is 2.90. The first-order valence-corrected chi connectivity index (χ1v) is 10.9. The Labute approximate surface area is 154 Å². The SMILES string of the molecule is C[C@]12CCC(=O)C(SCCl)C1CC[C@@H]1[C@@H]2CC[C@]2(C)C(=O)C=C[C@@H]12. The Morgan fingerprint density at radius 3 is 2.71 bits per heavy atom. The van der Waals surface area contributed by atoms with E-state index in [0.29, 0.717) is 46.9 Å². The molecule has 0 N–H and O–H groups in total. The van der Waals surface area contributed by atoms with E-state index in [4.69, 9.17) is 11.6 Å². The molecule has 4 heteroatoms. The maximum absolute atomic E-state index is 12.5. The van der Waals surface area contributed by atoms with Crippen LogP contribution >= 0.6 is 23.4 Å². The molecule has 2 nitrogen and oxygen atoms in total. The van der Waals surface area contributed by atoms with Gasteiger partial charge in [0.25, 0.3) is 0 Å². The molecule has 4 aliphatic carbocycles. The van der Waals surface area contributed by atoms with Crippen molar-refractivity contribution in [3.63, 3.8) is 0 Å². The molecule has 7 atom stereocenters. The van der Waals surface area contributed by atoms with Crippen molar-refractivity contribution in [2.24, 2.45) is 34.5 Å². The lowest BCUT2D eigenvalue weighted by Gasteiger charge is -2.60. The molecule has 0 heterocycles. The predicted molar refractivity (Wildman–Crippen MR) is 99.1 cm³/mol. The van der Waals surface area contributed by atoms with Gasteiger partial charge in [-0.25, -0.2) is 0 Å². The highest BCUT2D eigenvalue weighted by molar-refractivity contribution is 8.01. The lowest BCUT2D eigenvalue weighted by molar-refractivity contribution is -0.141. The number of Topliss-reactive ketones (excluding diaryl/α,β-unsaturated/α-hetero) is 1. The van der Waals surface area contributed by atoms with Gasteiger partial charge in [-0.15, -0.1) is 23.4 Å². The summed E-state index contributed by atoms with van der Waals surface area (Å²) in [6, 6.07) is 0. The van der Waals surface area contributed by atoms with Crippen LogP contribution in [0.4, 0.5) is 0 Å². The second-order valence-electron chi connectivity index (χ2n) is 8.83. The van der Waals surface area contributed by atoms with Crippen LogP contribution in [0.25, 0.3) is 0 Å². The molecule has 0 spiro atoms. The first-order chi connectivity index (χ1) is 11.4. The van der Waals surface area contributed by atoms with Crippen molar-refractivity contribution >= 4 is 34.9 Å². The van der Waals surface area contributed by atoms with Crippen LogP contribution in [0, 0.1) is 34.5 Å². The zero-order valence-corrected chi connectivity index (χ0v) is 16.2. The van der Waals surface area contributed by atoms with Gasteiger partial charge >= 0.3 is 0 Å². The summed E-state index contributed by atoms with van der Waals surface area (Å²) in [5.41, 5.74) is 0.0838. The largest absolute Gasteiger partial charge is 0.298 e. The molecule has 2 unspecified atom stereocenters. The van der Waals surface area contributed by atoms with Gasteiger partial charge < -0.3 is 0 Å². The molecule has 0 radical (unpaired) electrons. The Hall–Kier alpha value is -0.280. The zero-order chi connectivity index (χ0) is 17.1. The Morgan fingerprint density at radius 1 is 1.17 bits per heavy atom. The van der Waals surface area contributed by atoms with Gasteiger partial charge in [-0.2, -0.15) is 0 Å². The summed E-state index contributed by atoms with van der Waals surface area (Å²) in [7, 11) is 0. The van der Waals surface area contributed by atoms with Crippen molar-refractivity contribution in [3.05, 3.63) is 12.2 Å². The van der Waals surface area contributed by atoms with Gasteiger partial charge in [0.1, 0.15) is 5.78 Å². The number of rotatable bonds is 2. The number of thioether (sulfide) groups is 1. The topological polar surface area (TPSA) is 34.1 Å². The lowest BCUT2D eigenvalue weighted by atomic mass is 9.45. The van der Waals surface area contributed by atoms with E-state index in [9.17, 15) is 9.59 Å². The van der Waals surface area contributed by atoms with Crippen LogP contribution in [0.5, 0.6) is 0 Å². The van der Waals surface area contributed by atoms with Crippen molar-refractivity contribution in [2.75, 3.05) is 5.21 Å². The first-order valence-electron chi connectivity index (χ1n) is 9.35. The fraction of sp³-hybridized carbons (Fsp3) is 0.800. The number of alkyl halides is 1. The highest BCUT2D eigenvalue weighted by Crippen LogP contribution is 2.64. The first kappa shape index (κ1) is 17.1. The number of hydrogen-bond donors (Lipinski definition) is 0. The maximum Gasteiger partial charge on any atom is 0.161 e. The quantitative estimate of drug-likeness (QED) is 0.655. The number of ketones is 2. The van der Waals surface area contributed by atoms with E-state index in [0.717, 1.165) is 32.1 Å². The van der Waals surface area contributed by atoms with Crippen molar-refractivity contribution in [1.82, 2.24) is 0 Å². The predicted octanol–water partition coefficient (Wildman–Crippen LogP) is 4.85. The molecule has 4 rings (SSSR count). The third kappa shape index (κ3) is 2.23. The number of halogens is 1. The Balaban J connectivity index is 1.65. The van der Waals surface area contributed by atoms with Crippen LogP contribution in [0.1, 0.15) is 52.4 Å². The Kier molecular flexibility index (Phi) is 4.20. The van der Waals surface area contributed by atoms with Gasteiger partial charge in [0, 0.05) is 11.8 Å². The van der Waals surface area contributed by atoms with E-state index in [1.165, 1.54) is 0 Å². The molecule has 0 bridgehead atoms. The average Bonchev–Trinajstić information content (AvgIpc) is 2.86.